The topological polar surface area (TPSA) is 104 Å². The van der Waals surface area contributed by atoms with Crippen molar-refractivity contribution in [3.8, 4) is 11.8 Å². The summed E-state index contributed by atoms with van der Waals surface area (Å²) in [6.45, 7) is 15.9. The molecular weight excluding hydrogens is 470 g/mol. The van der Waals surface area contributed by atoms with Crippen LogP contribution in [0.15, 0.2) is 39.9 Å². The first-order valence-corrected chi connectivity index (χ1v) is 13.1. The summed E-state index contributed by atoms with van der Waals surface area (Å²) in [6.07, 6.45) is -0.742. The zero-order valence-corrected chi connectivity index (χ0v) is 23.0. The van der Waals surface area contributed by atoms with E-state index in [2.05, 4.69) is 29.7 Å². The largest absolute Gasteiger partial charge is 0.485 e. The zero-order chi connectivity index (χ0) is 27.3. The highest BCUT2D eigenvalue weighted by Gasteiger charge is 2.33. The third-order valence-electron chi connectivity index (χ3n) is 6.65. The van der Waals surface area contributed by atoms with Gasteiger partial charge in [-0.3, -0.25) is 18.8 Å². The molecule has 202 valence electrons. The lowest BCUT2D eigenvalue weighted by atomic mass is 10.0. The Kier molecular flexibility index (Phi) is 9.21. The van der Waals surface area contributed by atoms with Gasteiger partial charge in [-0.1, -0.05) is 27.7 Å². The maximum atomic E-state index is 13.3. The number of aromatic nitrogens is 2. The summed E-state index contributed by atoms with van der Waals surface area (Å²) >= 11 is 0. The molecule has 1 aliphatic heterocycles. The van der Waals surface area contributed by atoms with Gasteiger partial charge in [0.2, 0.25) is 0 Å². The molecule has 1 aliphatic rings. The van der Waals surface area contributed by atoms with Crippen molar-refractivity contribution in [2.24, 2.45) is 11.8 Å². The molecule has 0 saturated carbocycles. The summed E-state index contributed by atoms with van der Waals surface area (Å²) in [5, 5.41) is 19.9. The predicted molar refractivity (Wildman–Crippen MR) is 145 cm³/mol. The molecule has 9 heteroatoms. The van der Waals surface area contributed by atoms with Crippen molar-refractivity contribution in [1.82, 2.24) is 14.0 Å². The Morgan fingerprint density at radius 2 is 1.51 bits per heavy atom. The number of aliphatic hydroxyl groups is 1. The van der Waals surface area contributed by atoms with Gasteiger partial charge < -0.3 is 14.7 Å². The standard InChI is InChI=1S/C28H41N5O4/c1-20(2)17-32-25(15-26(35)33(27(32)36)18-21(3)4)31-13-11-30(12-14-31)19-24(34)28(5,6)37-23-9-7-22(16-29)8-10-23/h7-10,15,20-21,24,34H,11-14,17-19H2,1-6H3. The first-order valence-electron chi connectivity index (χ1n) is 13.1. The molecular formula is C28H41N5O4. The van der Waals surface area contributed by atoms with Gasteiger partial charge in [0, 0.05) is 51.9 Å². The fourth-order valence-electron chi connectivity index (χ4n) is 4.53. The SMILES string of the molecule is CC(C)Cn1c(N2CCN(CC(O)C(C)(C)Oc3ccc(C#N)cc3)CC2)cc(=O)n(CC(C)C)c1=O. The number of nitrogens with zero attached hydrogens (tertiary/aromatic N) is 5. The first-order chi connectivity index (χ1) is 17.4. The van der Waals surface area contributed by atoms with Gasteiger partial charge in [0.15, 0.2) is 0 Å². The van der Waals surface area contributed by atoms with Crippen molar-refractivity contribution in [1.29, 1.82) is 5.26 Å². The Morgan fingerprint density at radius 1 is 0.946 bits per heavy atom. The number of rotatable bonds is 10. The van der Waals surface area contributed by atoms with Crippen LogP contribution in [-0.2, 0) is 13.1 Å². The van der Waals surface area contributed by atoms with Gasteiger partial charge in [0.05, 0.1) is 11.6 Å². The van der Waals surface area contributed by atoms with E-state index in [0.29, 0.717) is 62.9 Å². The zero-order valence-electron chi connectivity index (χ0n) is 23.0. The Bertz CT molecular complexity index is 1200. The first kappa shape index (κ1) is 28.5. The number of anilines is 1. The molecule has 3 rings (SSSR count). The normalized spacial score (nSPS) is 15.7. The lowest BCUT2D eigenvalue weighted by molar-refractivity contribution is -0.0449. The summed E-state index contributed by atoms with van der Waals surface area (Å²) in [7, 11) is 0. The number of piperazine rings is 1. The van der Waals surface area contributed by atoms with Crippen LogP contribution in [0, 0.1) is 23.2 Å². The molecule has 1 aromatic carbocycles. The molecule has 2 aromatic rings. The van der Waals surface area contributed by atoms with Gasteiger partial charge in [-0.05, 0) is 49.9 Å². The Morgan fingerprint density at radius 3 is 2.05 bits per heavy atom. The molecule has 9 nitrogen and oxygen atoms in total. The minimum absolute atomic E-state index is 0.198. The molecule has 0 bridgehead atoms. The summed E-state index contributed by atoms with van der Waals surface area (Å²) in [4.78, 5) is 30.4. The molecule has 1 aromatic heterocycles. The predicted octanol–water partition coefficient (Wildman–Crippen LogP) is 2.53. The average Bonchev–Trinajstić information content (AvgIpc) is 2.84. The van der Waals surface area contributed by atoms with E-state index in [-0.39, 0.29) is 23.1 Å². The second-order valence-corrected chi connectivity index (χ2v) is 11.3. The van der Waals surface area contributed by atoms with E-state index in [9.17, 15) is 14.7 Å². The molecule has 0 amide bonds. The molecule has 37 heavy (non-hydrogen) atoms. The van der Waals surface area contributed by atoms with Crippen LogP contribution in [0.2, 0.25) is 0 Å². The highest BCUT2D eigenvalue weighted by atomic mass is 16.5. The van der Waals surface area contributed by atoms with Crippen molar-refractivity contribution >= 4 is 5.82 Å². The monoisotopic (exact) mass is 511 g/mol. The minimum atomic E-state index is -0.829. The van der Waals surface area contributed by atoms with Crippen LogP contribution in [0.5, 0.6) is 5.75 Å². The number of ether oxygens (including phenoxy) is 1. The summed E-state index contributed by atoms with van der Waals surface area (Å²) in [6, 6.07) is 10.5. The maximum absolute atomic E-state index is 13.3. The van der Waals surface area contributed by atoms with Gasteiger partial charge in [-0.25, -0.2) is 4.79 Å². The quantitative estimate of drug-likeness (QED) is 0.523. The van der Waals surface area contributed by atoms with Crippen LogP contribution in [0.3, 0.4) is 0 Å². The van der Waals surface area contributed by atoms with Crippen molar-refractivity contribution in [2.45, 2.75) is 66.3 Å². The van der Waals surface area contributed by atoms with Gasteiger partial charge >= 0.3 is 5.69 Å². The molecule has 1 unspecified atom stereocenters. The third-order valence-corrected chi connectivity index (χ3v) is 6.65. The highest BCUT2D eigenvalue weighted by molar-refractivity contribution is 5.39. The van der Waals surface area contributed by atoms with Gasteiger partial charge in [-0.2, -0.15) is 5.26 Å². The van der Waals surface area contributed by atoms with Crippen LogP contribution in [0.1, 0.15) is 47.1 Å². The van der Waals surface area contributed by atoms with Crippen LogP contribution in [0.4, 0.5) is 5.82 Å². The fraction of sp³-hybridized carbons (Fsp3) is 0.607. The van der Waals surface area contributed by atoms with Crippen LogP contribution in [-0.4, -0.2) is 63.6 Å². The molecule has 1 fully saturated rings. The van der Waals surface area contributed by atoms with E-state index in [1.807, 2.05) is 27.7 Å². The molecule has 0 radical (unpaired) electrons. The number of hydrogen-bond acceptors (Lipinski definition) is 7. The number of nitriles is 1. The Labute approximate surface area is 219 Å². The summed E-state index contributed by atoms with van der Waals surface area (Å²) in [5.74, 6) is 1.73. The molecule has 1 N–H and O–H groups in total. The minimum Gasteiger partial charge on any atom is -0.485 e. The smallest absolute Gasteiger partial charge is 0.332 e. The molecule has 0 aliphatic carbocycles. The van der Waals surface area contributed by atoms with E-state index in [1.54, 1.807) is 34.9 Å². The van der Waals surface area contributed by atoms with Crippen molar-refractivity contribution in [2.75, 3.05) is 37.6 Å². The van der Waals surface area contributed by atoms with Crippen LogP contribution < -0.4 is 20.9 Å². The number of benzene rings is 1. The number of β-amino-alcohol motifs (C(OH)–C–C–N with tert-alkyl or cyclic N) is 1. The Hall–Kier alpha value is -3.09. The lowest BCUT2D eigenvalue weighted by Gasteiger charge is -2.40. The van der Waals surface area contributed by atoms with E-state index in [1.165, 1.54) is 4.57 Å². The van der Waals surface area contributed by atoms with E-state index in [0.717, 1.165) is 0 Å². The second-order valence-electron chi connectivity index (χ2n) is 11.3. The lowest BCUT2D eigenvalue weighted by Crippen LogP contribution is -2.54. The van der Waals surface area contributed by atoms with Gasteiger partial charge in [0.1, 0.15) is 23.3 Å². The number of hydrogen-bond donors (Lipinski definition) is 1. The van der Waals surface area contributed by atoms with Crippen molar-refractivity contribution in [3.63, 3.8) is 0 Å². The fourth-order valence-corrected chi connectivity index (χ4v) is 4.53. The second kappa shape index (κ2) is 12.0. The molecule has 0 spiro atoms. The molecule has 1 atom stereocenters. The maximum Gasteiger partial charge on any atom is 0.332 e. The van der Waals surface area contributed by atoms with Gasteiger partial charge in [0.25, 0.3) is 5.56 Å². The van der Waals surface area contributed by atoms with Crippen molar-refractivity contribution < 1.29 is 9.84 Å². The van der Waals surface area contributed by atoms with E-state index < -0.39 is 11.7 Å². The van der Waals surface area contributed by atoms with Crippen LogP contribution >= 0.6 is 0 Å². The average molecular weight is 512 g/mol. The van der Waals surface area contributed by atoms with Crippen molar-refractivity contribution in [3.05, 3.63) is 56.7 Å². The number of aliphatic hydroxyl groups excluding tert-OH is 1. The van der Waals surface area contributed by atoms with Crippen LogP contribution in [0.25, 0.3) is 0 Å². The summed E-state index contributed by atoms with van der Waals surface area (Å²) in [5.41, 5.74) is -0.776. The summed E-state index contributed by atoms with van der Waals surface area (Å²) < 4.78 is 9.13. The third kappa shape index (κ3) is 7.24. The van der Waals surface area contributed by atoms with E-state index in [4.69, 9.17) is 10.00 Å². The highest BCUT2D eigenvalue weighted by Crippen LogP contribution is 2.23. The Balaban J connectivity index is 1.68. The van der Waals surface area contributed by atoms with Gasteiger partial charge in [-0.15, -0.1) is 0 Å². The molecule has 1 saturated heterocycles. The van der Waals surface area contributed by atoms with E-state index >= 15 is 0 Å². The molecule has 2 heterocycles.